The minimum Gasteiger partial charge on any atom is -0.475 e. The molecule has 3 fully saturated rings. The summed E-state index contributed by atoms with van der Waals surface area (Å²) < 4.78 is 62.3. The van der Waals surface area contributed by atoms with Crippen LogP contribution in [0.5, 0.6) is 0 Å². The maximum Gasteiger partial charge on any atom is 0.490 e. The number of aliphatic carboxylic acids is 1. The van der Waals surface area contributed by atoms with Gasteiger partial charge in [0.2, 0.25) is 12.0 Å². The van der Waals surface area contributed by atoms with E-state index in [1.165, 1.54) is 75.4 Å². The van der Waals surface area contributed by atoms with Crippen molar-refractivity contribution >= 4 is 65.2 Å². The van der Waals surface area contributed by atoms with E-state index in [9.17, 15) is 65.1 Å². The van der Waals surface area contributed by atoms with Crippen molar-refractivity contribution in [1.82, 2.24) is 29.8 Å². The minimum atomic E-state index is -5.08. The number of allylic oxidation sites excluding steroid dienone is 3. The predicted molar refractivity (Wildman–Crippen MR) is 316 cm³/mol. The third-order valence-corrected chi connectivity index (χ3v) is 14.3. The van der Waals surface area contributed by atoms with Gasteiger partial charge in [-0.15, -0.1) is 0 Å². The zero-order valence-electron chi connectivity index (χ0n) is 50.5. The van der Waals surface area contributed by atoms with Crippen LogP contribution < -0.4 is 5.32 Å². The molecular weight excluding hydrogens is 1150 g/mol. The zero-order chi connectivity index (χ0) is 65.1. The van der Waals surface area contributed by atoms with Gasteiger partial charge in [0.05, 0.1) is 12.1 Å². The summed E-state index contributed by atoms with van der Waals surface area (Å²) in [6.07, 6.45) is 19.4. The molecule has 88 heavy (non-hydrogen) atoms. The van der Waals surface area contributed by atoms with Crippen molar-refractivity contribution in [3.63, 3.8) is 0 Å². The van der Waals surface area contributed by atoms with Crippen molar-refractivity contribution in [3.05, 3.63) is 137 Å². The Morgan fingerprint density at radius 3 is 1.28 bits per heavy atom. The molecule has 0 atom stereocenters. The number of carbonyl (C=O) groups excluding carboxylic acids is 9. The zero-order valence-corrected chi connectivity index (χ0v) is 50.5. The lowest BCUT2D eigenvalue weighted by Gasteiger charge is -2.32. The number of hydrogen-bond donors (Lipinski definition) is 2. The molecule has 0 spiro atoms. The Morgan fingerprint density at radius 2 is 0.943 bits per heavy atom. The topological polar surface area (TPSA) is 241 Å². The van der Waals surface area contributed by atoms with E-state index in [-0.39, 0.29) is 77.3 Å². The molecule has 2 aromatic carbocycles. The summed E-state index contributed by atoms with van der Waals surface area (Å²) in [5, 5.41) is 10.4. The first kappa shape index (κ1) is 72.0. The molecule has 0 bridgehead atoms. The number of likely N-dealkylation sites (tertiary alicyclic amines) is 2. The van der Waals surface area contributed by atoms with Crippen molar-refractivity contribution in [3.8, 4) is 0 Å². The van der Waals surface area contributed by atoms with Gasteiger partial charge in [-0.2, -0.15) is 18.2 Å². The number of carbonyl (C=O) groups is 9. The standard InChI is InChI=1S/C22H25FN2O3.C19H28N2O4.C14H20N2O2.C7H4FNO.C2HF3O2/c1-16(22(28)25-11-3-2-4-20(25)26)14-18-9-12-24(13-10-18)21(27)15-17-5-7-19(23)8-6-17;1-14(17(23)21-10-6-5-7-16(21)22)13-15-8-11-20(12-9-15)18(24)25-19(2,3)4;1-11(10-12-5-7-15-8-6-12)14(18)16-9-3-2-4-13(16)17;8-6-1-3-7(4-2-6)9-5-10;3-2(4,5)1(6)7/h2,4-8,14,18H,3,9-13,15H2,1H3;5,7,13,15H,6,8-12H2,1-4H3;2,4,10,12,15H,3,5-9H2,1H3;1-4H;(H,6,7)/b16-14+;14-13+;11-10+;;. The molecule has 2 N–H and O–H groups in total. The molecule has 6 aliphatic rings. The van der Waals surface area contributed by atoms with Gasteiger partial charge in [0.1, 0.15) is 17.2 Å². The van der Waals surface area contributed by atoms with Crippen LogP contribution in [-0.4, -0.2) is 160 Å². The molecule has 0 saturated carbocycles. The monoisotopic (exact) mass is 1230 g/mol. The second kappa shape index (κ2) is 35.3. The molecule has 476 valence electrons. The Kier molecular flexibility index (Phi) is 28.9. The number of piperidine rings is 3. The first-order valence-electron chi connectivity index (χ1n) is 29.0. The number of carboxylic acid groups (broad SMARTS) is 1. The minimum absolute atomic E-state index is 0.0348. The first-order chi connectivity index (χ1) is 41.6. The van der Waals surface area contributed by atoms with Gasteiger partial charge in [0, 0.05) is 62.5 Å². The van der Waals surface area contributed by atoms with Crippen LogP contribution in [-0.2, 0) is 54.3 Å². The molecule has 6 heterocycles. The van der Waals surface area contributed by atoms with E-state index in [1.54, 1.807) is 43.0 Å². The quantitative estimate of drug-likeness (QED) is 0.103. The van der Waals surface area contributed by atoms with E-state index < -0.39 is 17.7 Å². The molecule has 0 radical (unpaired) electrons. The lowest BCUT2D eigenvalue weighted by molar-refractivity contribution is -0.192. The number of benzene rings is 2. The predicted octanol–water partition coefficient (Wildman–Crippen LogP) is 9.44. The normalized spacial score (nSPS) is 18.0. The fourth-order valence-corrected chi connectivity index (χ4v) is 9.64. The average Bonchev–Trinajstić information content (AvgIpc) is 3.66. The maximum atomic E-state index is 13.0. The first-order valence-corrected chi connectivity index (χ1v) is 29.0. The lowest BCUT2D eigenvalue weighted by Crippen LogP contribution is -2.42. The number of halogens is 5. The number of carboxylic acids is 1. The van der Waals surface area contributed by atoms with E-state index in [4.69, 9.17) is 14.6 Å². The van der Waals surface area contributed by atoms with E-state index in [2.05, 4.69) is 10.3 Å². The fraction of sp³-hybridized carbons (Fsp3) is 0.469. The number of ether oxygens (including phenoxy) is 1. The van der Waals surface area contributed by atoms with E-state index in [1.807, 2.05) is 56.9 Å². The van der Waals surface area contributed by atoms with Crippen LogP contribution in [0.25, 0.3) is 0 Å². The van der Waals surface area contributed by atoms with Crippen molar-refractivity contribution in [1.29, 1.82) is 0 Å². The average molecular weight is 1230 g/mol. The van der Waals surface area contributed by atoms with Crippen LogP contribution >= 0.6 is 0 Å². The van der Waals surface area contributed by atoms with Gasteiger partial charge < -0.3 is 25.0 Å². The molecule has 8 rings (SSSR count). The summed E-state index contributed by atoms with van der Waals surface area (Å²) in [7, 11) is 0. The number of aliphatic imine (C=N–C) groups is 1. The smallest absolute Gasteiger partial charge is 0.475 e. The molecule has 3 saturated heterocycles. The molecule has 0 aliphatic carbocycles. The highest BCUT2D eigenvalue weighted by atomic mass is 19.4. The van der Waals surface area contributed by atoms with E-state index in [0.717, 1.165) is 63.6 Å². The van der Waals surface area contributed by atoms with Crippen LogP contribution in [0, 0.1) is 29.4 Å². The number of amides is 8. The second-order valence-electron chi connectivity index (χ2n) is 22.4. The molecule has 24 heteroatoms. The molecular formula is C64H78F5N7O12. The number of nitrogens with one attached hydrogen (secondary N) is 1. The van der Waals surface area contributed by atoms with E-state index >= 15 is 0 Å². The summed E-state index contributed by atoms with van der Waals surface area (Å²) in [4.78, 5) is 126. The number of imide groups is 3. The summed E-state index contributed by atoms with van der Waals surface area (Å²) in [5.74, 6) is -3.74. The fourth-order valence-electron chi connectivity index (χ4n) is 9.64. The number of isocyanates is 1. The van der Waals surface area contributed by atoms with Crippen molar-refractivity contribution < 1.29 is 79.7 Å². The molecule has 2 aromatic rings. The largest absolute Gasteiger partial charge is 0.490 e. The Balaban J connectivity index is 0.000000252. The lowest BCUT2D eigenvalue weighted by atomic mass is 9.94. The number of rotatable bonds is 9. The van der Waals surface area contributed by atoms with Crippen LogP contribution in [0.4, 0.5) is 32.4 Å². The Hall–Kier alpha value is -8.50. The van der Waals surface area contributed by atoms with Gasteiger partial charge in [-0.3, -0.25) is 48.3 Å². The summed E-state index contributed by atoms with van der Waals surface area (Å²) in [6, 6.07) is 11.3. The maximum absolute atomic E-state index is 13.0. The number of hydrogen-bond acceptors (Lipinski definition) is 13. The SMILES string of the molecule is C/C(=C\C1CCN(C(=O)Cc2ccc(F)cc2)CC1)C(=O)N1CCC=CC1=O.C/C(=C\C1CCN(C(=O)OC(C)(C)C)CC1)C(=O)N1CCC=CC1=O.C/C(=C\C1CCNCC1)C(=O)N1CCC=CC1=O.O=C(O)C(F)(F)F.O=C=Nc1ccc(F)cc1. The van der Waals surface area contributed by atoms with Gasteiger partial charge >= 0.3 is 18.2 Å². The highest BCUT2D eigenvalue weighted by Gasteiger charge is 2.38. The third-order valence-electron chi connectivity index (χ3n) is 14.3. The van der Waals surface area contributed by atoms with Gasteiger partial charge in [-0.05, 0) is 190 Å². The van der Waals surface area contributed by atoms with Crippen LogP contribution in [0.3, 0.4) is 0 Å². The van der Waals surface area contributed by atoms with E-state index in [0.29, 0.717) is 87.0 Å². The molecule has 8 amide bonds. The van der Waals surface area contributed by atoms with Crippen molar-refractivity contribution in [2.75, 3.05) is 58.9 Å². The molecule has 0 aromatic heterocycles. The van der Waals surface area contributed by atoms with Crippen LogP contribution in [0.1, 0.15) is 105 Å². The van der Waals surface area contributed by atoms with Gasteiger partial charge in [0.25, 0.3) is 35.4 Å². The highest BCUT2D eigenvalue weighted by molar-refractivity contribution is 6.09. The van der Waals surface area contributed by atoms with Gasteiger partial charge in [-0.25, -0.2) is 23.2 Å². The Labute approximate surface area is 509 Å². The number of alkyl halides is 3. The Morgan fingerprint density at radius 1 is 0.591 bits per heavy atom. The summed E-state index contributed by atoms with van der Waals surface area (Å²) in [5.41, 5.74) is 2.60. The highest BCUT2D eigenvalue weighted by Crippen LogP contribution is 2.25. The molecule has 6 aliphatic heterocycles. The molecule has 19 nitrogen and oxygen atoms in total. The van der Waals surface area contributed by atoms with Gasteiger partial charge in [-0.1, -0.05) is 48.6 Å². The third kappa shape index (κ3) is 25.1. The van der Waals surface area contributed by atoms with Crippen molar-refractivity contribution in [2.24, 2.45) is 22.7 Å². The summed E-state index contributed by atoms with van der Waals surface area (Å²) in [6.45, 7) is 16.8. The van der Waals surface area contributed by atoms with Crippen LogP contribution in [0.15, 0.2) is 125 Å². The van der Waals surface area contributed by atoms with Crippen LogP contribution in [0.2, 0.25) is 0 Å². The number of nitrogens with zero attached hydrogens (tertiary/aromatic N) is 6. The molecule has 0 unspecified atom stereocenters. The summed E-state index contributed by atoms with van der Waals surface area (Å²) >= 11 is 0. The van der Waals surface area contributed by atoms with Crippen molar-refractivity contribution in [2.45, 2.75) is 118 Å². The van der Waals surface area contributed by atoms with Gasteiger partial charge in [0.15, 0.2) is 0 Å². The Bertz CT molecular complexity index is 3010. The second-order valence-corrected chi connectivity index (χ2v) is 22.4.